The number of hydrogen-bond donors (Lipinski definition) is 0. The van der Waals surface area contributed by atoms with Gasteiger partial charge in [-0.3, -0.25) is 0 Å². The lowest BCUT2D eigenvalue weighted by molar-refractivity contribution is -0.660. The quantitative estimate of drug-likeness (QED) is 0.500. The molecule has 0 saturated carbocycles. The van der Waals surface area contributed by atoms with E-state index in [2.05, 4.69) is 78.5 Å². The maximum atomic E-state index is 4.32. The third-order valence-electron chi connectivity index (χ3n) is 4.75. The van der Waals surface area contributed by atoms with E-state index in [-0.39, 0.29) is 0 Å². The summed E-state index contributed by atoms with van der Waals surface area (Å²) in [6, 6.07) is 10.8. The molecule has 4 rings (SSSR count). The maximum Gasteiger partial charge on any atom is 0.212 e. The highest BCUT2D eigenvalue weighted by molar-refractivity contribution is 7.02. The molecule has 1 aliphatic rings. The van der Waals surface area contributed by atoms with Gasteiger partial charge in [0.05, 0.1) is 22.8 Å². The van der Waals surface area contributed by atoms with Crippen LogP contribution in [0, 0.1) is 6.92 Å². The normalized spacial score (nSPS) is 14.7. The van der Waals surface area contributed by atoms with Crippen molar-refractivity contribution >= 4 is 18.6 Å². The van der Waals surface area contributed by atoms with Crippen LogP contribution in [0.3, 0.4) is 0 Å². The van der Waals surface area contributed by atoms with Gasteiger partial charge in [0, 0.05) is 12.1 Å². The van der Waals surface area contributed by atoms with Crippen molar-refractivity contribution < 1.29 is 4.57 Å². The smallest absolute Gasteiger partial charge is 0.212 e. The molecule has 1 aliphatic heterocycles. The maximum absolute atomic E-state index is 4.32. The lowest BCUT2D eigenvalue weighted by Crippen LogP contribution is -2.51. The van der Waals surface area contributed by atoms with Gasteiger partial charge in [0.15, 0.2) is 6.20 Å². The average Bonchev–Trinajstić information content (AvgIpc) is 3.04. The average molecular weight is 307 g/mol. The number of fused-ring (bicyclic) bond motifs is 3. The molecule has 2 aromatic heterocycles. The third-order valence-corrected chi connectivity index (χ3v) is 8.12. The number of rotatable bonds is 1. The van der Waals surface area contributed by atoms with Crippen molar-refractivity contribution in [2.24, 2.45) is 7.05 Å². The zero-order valence-corrected chi connectivity index (χ0v) is 14.3. The van der Waals surface area contributed by atoms with Crippen LogP contribution in [0.1, 0.15) is 5.56 Å². The fraction of sp³-hybridized carbons (Fsp3) is 0.235. The van der Waals surface area contributed by atoms with Gasteiger partial charge in [-0.15, -0.1) is 5.10 Å². The molecular weight excluding hydrogens is 288 g/mol. The minimum absolute atomic E-state index is 1.20. The fourth-order valence-electron chi connectivity index (χ4n) is 3.59. The Balaban J connectivity index is 2.11. The minimum atomic E-state index is -1.79. The fourth-order valence-corrected chi connectivity index (χ4v) is 6.70. The first-order chi connectivity index (χ1) is 10.5. The Kier molecular flexibility index (Phi) is 2.66. The number of benzene rings is 1. The molecule has 1 aromatic carbocycles. The van der Waals surface area contributed by atoms with Gasteiger partial charge in [-0.25, -0.2) is 9.25 Å². The molecule has 0 unspecified atom stereocenters. The summed E-state index contributed by atoms with van der Waals surface area (Å²) >= 11 is 0. The van der Waals surface area contributed by atoms with E-state index < -0.39 is 8.07 Å². The van der Waals surface area contributed by atoms with E-state index in [9.17, 15) is 0 Å². The second kappa shape index (κ2) is 4.36. The largest absolute Gasteiger partial charge is 0.222 e. The summed E-state index contributed by atoms with van der Waals surface area (Å²) in [5, 5.41) is 11.2. The molecule has 3 aromatic rings. The Morgan fingerprint density at radius 2 is 1.95 bits per heavy atom. The predicted molar refractivity (Wildman–Crippen MR) is 89.5 cm³/mol. The molecule has 5 heteroatoms. The predicted octanol–water partition coefficient (Wildman–Crippen LogP) is 1.20. The van der Waals surface area contributed by atoms with Crippen molar-refractivity contribution in [3.05, 3.63) is 48.3 Å². The van der Waals surface area contributed by atoms with Crippen LogP contribution in [0.5, 0.6) is 0 Å². The van der Waals surface area contributed by atoms with Crippen LogP contribution in [-0.4, -0.2) is 23.1 Å². The molecule has 22 heavy (non-hydrogen) atoms. The first-order valence-corrected chi connectivity index (χ1v) is 10.5. The van der Waals surface area contributed by atoms with Crippen LogP contribution in [0.4, 0.5) is 0 Å². The Labute approximate surface area is 131 Å². The summed E-state index contributed by atoms with van der Waals surface area (Å²) in [6.45, 7) is 6.98. The second-order valence-electron chi connectivity index (χ2n) is 6.50. The van der Waals surface area contributed by atoms with Crippen molar-refractivity contribution in [2.75, 3.05) is 0 Å². The van der Waals surface area contributed by atoms with Crippen LogP contribution in [0.15, 0.2) is 42.7 Å². The highest BCUT2D eigenvalue weighted by Crippen LogP contribution is 2.28. The zero-order valence-electron chi connectivity index (χ0n) is 13.3. The lowest BCUT2D eigenvalue weighted by Gasteiger charge is -2.19. The molecule has 3 heterocycles. The number of aryl methyl sites for hydroxylation is 2. The van der Waals surface area contributed by atoms with Crippen molar-refractivity contribution in [2.45, 2.75) is 20.0 Å². The van der Waals surface area contributed by atoms with Gasteiger partial charge < -0.3 is 0 Å². The highest BCUT2D eigenvalue weighted by atomic mass is 28.3. The molecule has 0 radical (unpaired) electrons. The zero-order chi connectivity index (χ0) is 15.5. The van der Waals surface area contributed by atoms with Crippen molar-refractivity contribution in [3.8, 4) is 16.9 Å². The lowest BCUT2D eigenvalue weighted by atomic mass is 10.0. The van der Waals surface area contributed by atoms with E-state index in [0.717, 1.165) is 0 Å². The SMILES string of the molecule is Cc1ccc2c(c1-c1cccc[n+]1C)[Si](C)(C)c1cnnn1-2. The molecule has 0 fully saturated rings. The van der Waals surface area contributed by atoms with Crippen LogP contribution >= 0.6 is 0 Å². The van der Waals surface area contributed by atoms with Crippen molar-refractivity contribution in [1.29, 1.82) is 0 Å². The van der Waals surface area contributed by atoms with Crippen LogP contribution in [0.2, 0.25) is 13.1 Å². The highest BCUT2D eigenvalue weighted by Gasteiger charge is 2.43. The number of aromatic nitrogens is 4. The van der Waals surface area contributed by atoms with Crippen molar-refractivity contribution in [3.63, 3.8) is 0 Å². The van der Waals surface area contributed by atoms with Gasteiger partial charge in [-0.1, -0.05) is 24.4 Å². The molecule has 4 nitrogen and oxygen atoms in total. The summed E-state index contributed by atoms with van der Waals surface area (Å²) in [7, 11) is 0.323. The summed E-state index contributed by atoms with van der Waals surface area (Å²) < 4.78 is 4.24. The Bertz CT molecular complexity index is 895. The van der Waals surface area contributed by atoms with Gasteiger partial charge in [0.25, 0.3) is 0 Å². The summed E-state index contributed by atoms with van der Waals surface area (Å²) in [4.78, 5) is 0. The molecule has 0 atom stereocenters. The molecule has 0 spiro atoms. The topological polar surface area (TPSA) is 34.6 Å². The van der Waals surface area contributed by atoms with Crippen molar-refractivity contribution in [1.82, 2.24) is 15.0 Å². The van der Waals surface area contributed by atoms with E-state index >= 15 is 0 Å². The van der Waals surface area contributed by atoms with Crippen LogP contribution in [-0.2, 0) is 7.05 Å². The second-order valence-corrected chi connectivity index (χ2v) is 10.8. The first kappa shape index (κ1) is 13.4. The Morgan fingerprint density at radius 1 is 1.14 bits per heavy atom. The number of pyridine rings is 1. The molecule has 0 aliphatic carbocycles. The van der Waals surface area contributed by atoms with Gasteiger partial charge in [-0.2, -0.15) is 0 Å². The van der Waals surface area contributed by atoms with Crippen LogP contribution in [0.25, 0.3) is 16.9 Å². The van der Waals surface area contributed by atoms with Crippen LogP contribution < -0.4 is 15.1 Å². The van der Waals surface area contributed by atoms with Gasteiger partial charge in [0.2, 0.25) is 5.69 Å². The summed E-state index contributed by atoms with van der Waals surface area (Å²) in [5.41, 5.74) is 5.15. The van der Waals surface area contributed by atoms with E-state index in [4.69, 9.17) is 0 Å². The summed E-state index contributed by atoms with van der Waals surface area (Å²) in [5.74, 6) is 0. The molecule has 110 valence electrons. The molecular formula is C17H19N4Si+. The molecule has 0 saturated heterocycles. The Hall–Kier alpha value is -2.27. The number of hydrogen-bond acceptors (Lipinski definition) is 2. The molecule has 0 bridgehead atoms. The van der Waals surface area contributed by atoms with E-state index in [0.29, 0.717) is 0 Å². The van der Waals surface area contributed by atoms with Gasteiger partial charge >= 0.3 is 0 Å². The molecule has 0 N–H and O–H groups in total. The van der Waals surface area contributed by atoms with Gasteiger partial charge in [0.1, 0.15) is 15.1 Å². The third kappa shape index (κ3) is 1.60. The monoisotopic (exact) mass is 307 g/mol. The summed E-state index contributed by atoms with van der Waals surface area (Å²) in [6.07, 6.45) is 4.05. The minimum Gasteiger partial charge on any atom is -0.222 e. The standard InChI is InChI=1S/C17H19N4Si/c1-12-8-9-14-17(16(12)13-7-5-6-10-20(13)2)22(3,4)15-11-18-19-21(14)15/h5-11H,1-4H3/q+1. The first-order valence-electron chi connectivity index (χ1n) is 7.52. The Morgan fingerprint density at radius 3 is 2.73 bits per heavy atom. The van der Waals surface area contributed by atoms with Gasteiger partial charge in [-0.05, 0) is 29.8 Å². The molecule has 0 amide bonds. The van der Waals surface area contributed by atoms with E-state index in [1.807, 2.05) is 10.9 Å². The number of nitrogens with zero attached hydrogens (tertiary/aromatic N) is 4. The van der Waals surface area contributed by atoms with E-state index in [1.165, 1.54) is 33.0 Å². The van der Waals surface area contributed by atoms with E-state index in [1.54, 1.807) is 0 Å².